The Morgan fingerprint density at radius 3 is 2.05 bits per heavy atom. The van der Waals surface area contributed by atoms with E-state index < -0.39 is 15.7 Å². The Balaban J connectivity index is 4.80. The van der Waals surface area contributed by atoms with Gasteiger partial charge in [-0.15, -0.1) is 0 Å². The van der Waals surface area contributed by atoms with Gasteiger partial charge in [0.05, 0.1) is 5.75 Å². The lowest BCUT2D eigenvalue weighted by molar-refractivity contribution is 0.323. The van der Waals surface area contributed by atoms with Crippen molar-refractivity contribution < 1.29 is 13.0 Å². The summed E-state index contributed by atoms with van der Waals surface area (Å²) in [5.74, 6) is 0.950. The van der Waals surface area contributed by atoms with Crippen LogP contribution < -0.4 is 5.32 Å². The largest absolute Gasteiger partial charge is 0.383 e. The van der Waals surface area contributed by atoms with Crippen LogP contribution in [-0.2, 0) is 10.1 Å². The van der Waals surface area contributed by atoms with Crippen molar-refractivity contribution in [1.82, 2.24) is 5.32 Å². The van der Waals surface area contributed by atoms with Crippen LogP contribution in [-0.4, -0.2) is 24.3 Å². The van der Waals surface area contributed by atoms with Crippen LogP contribution >= 0.6 is 0 Å². The fourth-order valence-electron chi connectivity index (χ4n) is 2.34. The van der Waals surface area contributed by atoms with Gasteiger partial charge in [-0.25, -0.2) is 0 Å². The van der Waals surface area contributed by atoms with E-state index in [2.05, 4.69) is 39.6 Å². The molecule has 0 bridgehead atoms. The highest BCUT2D eigenvalue weighted by Gasteiger charge is 2.28. The van der Waals surface area contributed by atoms with Gasteiger partial charge in [-0.05, 0) is 32.1 Å². The molecule has 0 saturated heterocycles. The minimum atomic E-state index is -4.00. The van der Waals surface area contributed by atoms with Gasteiger partial charge in [0.15, 0.2) is 0 Å². The number of rotatable bonds is 8. The molecule has 0 aliphatic rings. The van der Waals surface area contributed by atoms with Crippen LogP contribution in [0, 0.1) is 17.8 Å². The predicted molar refractivity (Wildman–Crippen MR) is 80.6 cm³/mol. The van der Waals surface area contributed by atoms with E-state index in [1.165, 1.54) is 0 Å². The third kappa shape index (κ3) is 8.26. The molecule has 0 aromatic rings. The van der Waals surface area contributed by atoms with Crippen LogP contribution in [0.1, 0.15) is 48.0 Å². The van der Waals surface area contributed by atoms with E-state index in [0.29, 0.717) is 17.8 Å². The molecule has 2 N–H and O–H groups in total. The molecule has 0 aliphatic heterocycles. The van der Waals surface area contributed by atoms with Crippen molar-refractivity contribution in [3.8, 4) is 0 Å². The molecule has 0 fully saturated rings. The average molecular weight is 291 g/mol. The van der Waals surface area contributed by atoms with Crippen LogP contribution in [0.2, 0.25) is 0 Å². The number of nitrogens with one attached hydrogen (secondary N) is 1. The Morgan fingerprint density at radius 1 is 1.26 bits per heavy atom. The molecule has 0 radical (unpaired) electrons. The molecule has 0 saturated carbocycles. The zero-order valence-corrected chi connectivity index (χ0v) is 13.8. The van der Waals surface area contributed by atoms with Crippen molar-refractivity contribution in [3.05, 3.63) is 12.3 Å². The Bertz CT molecular complexity index is 397. The molecule has 0 heterocycles. The van der Waals surface area contributed by atoms with Gasteiger partial charge in [0.1, 0.15) is 0 Å². The Labute approximate surface area is 118 Å². The monoisotopic (exact) mass is 291 g/mol. The number of hydrogen-bond donors (Lipinski definition) is 2. The third-order valence-corrected chi connectivity index (χ3v) is 4.11. The van der Waals surface area contributed by atoms with Crippen LogP contribution in [0.4, 0.5) is 0 Å². The molecule has 0 aliphatic carbocycles. The lowest BCUT2D eigenvalue weighted by Gasteiger charge is -2.33. The summed E-state index contributed by atoms with van der Waals surface area (Å²) >= 11 is 0. The first-order valence-corrected chi connectivity index (χ1v) is 8.37. The van der Waals surface area contributed by atoms with Crippen molar-refractivity contribution in [2.24, 2.45) is 17.8 Å². The highest BCUT2D eigenvalue weighted by atomic mass is 32.2. The maximum atomic E-state index is 11.0. The lowest BCUT2D eigenvalue weighted by Crippen LogP contribution is -2.46. The van der Waals surface area contributed by atoms with Gasteiger partial charge < -0.3 is 5.32 Å². The Hall–Kier alpha value is -0.550. The van der Waals surface area contributed by atoms with Crippen LogP contribution in [0.3, 0.4) is 0 Å². The molecule has 0 rings (SSSR count). The second-order valence-corrected chi connectivity index (χ2v) is 8.19. The summed E-state index contributed by atoms with van der Waals surface area (Å²) in [5.41, 5.74) is 0.117. The molecule has 114 valence electrons. The fraction of sp³-hybridized carbons (Fsp3) is 0.857. The van der Waals surface area contributed by atoms with E-state index in [9.17, 15) is 8.42 Å². The summed E-state index contributed by atoms with van der Waals surface area (Å²) in [6.45, 7) is 16.1. The quantitative estimate of drug-likeness (QED) is 0.674. The Morgan fingerprint density at radius 2 is 1.74 bits per heavy atom. The van der Waals surface area contributed by atoms with E-state index in [1.54, 1.807) is 13.8 Å². The topological polar surface area (TPSA) is 66.4 Å². The van der Waals surface area contributed by atoms with Crippen molar-refractivity contribution in [1.29, 1.82) is 0 Å². The average Bonchev–Trinajstić information content (AvgIpc) is 2.07. The lowest BCUT2D eigenvalue weighted by atomic mass is 9.85. The summed E-state index contributed by atoms with van der Waals surface area (Å²) in [7, 11) is -4.00. The van der Waals surface area contributed by atoms with Crippen molar-refractivity contribution in [2.75, 3.05) is 5.75 Å². The minimum absolute atomic E-state index is 0.292. The molecule has 1 atom stereocenters. The maximum absolute atomic E-state index is 11.0. The highest BCUT2D eigenvalue weighted by molar-refractivity contribution is 7.85. The van der Waals surface area contributed by atoms with E-state index in [1.807, 2.05) is 0 Å². The van der Waals surface area contributed by atoms with Crippen LogP contribution in [0.5, 0.6) is 0 Å². The first kappa shape index (κ1) is 18.4. The second-order valence-electron chi connectivity index (χ2n) is 6.74. The third-order valence-electron chi connectivity index (χ3n) is 3.02. The van der Waals surface area contributed by atoms with Crippen molar-refractivity contribution in [3.63, 3.8) is 0 Å². The zero-order chi connectivity index (χ0) is 15.4. The van der Waals surface area contributed by atoms with Gasteiger partial charge >= 0.3 is 0 Å². The van der Waals surface area contributed by atoms with Gasteiger partial charge in [-0.3, -0.25) is 4.55 Å². The molecule has 0 amide bonds. The molecule has 0 aromatic carbocycles. The summed E-state index contributed by atoms with van der Waals surface area (Å²) in [4.78, 5) is 0. The maximum Gasteiger partial charge on any atom is 0.267 e. The van der Waals surface area contributed by atoms with Gasteiger partial charge in [0.2, 0.25) is 0 Å². The number of hydrogen-bond acceptors (Lipinski definition) is 3. The zero-order valence-electron chi connectivity index (χ0n) is 13.0. The van der Waals surface area contributed by atoms with Crippen molar-refractivity contribution in [2.45, 2.75) is 53.5 Å². The Kier molecular flexibility index (Phi) is 6.55. The minimum Gasteiger partial charge on any atom is -0.383 e. The smallest absolute Gasteiger partial charge is 0.267 e. The number of allylic oxidation sites excluding steroid dienone is 1. The standard InChI is InChI=1S/C14H29NO3S/c1-10(2)8-13(11(3)4)12(5)15-14(6,7)9-19(16,17)18/h10-11,13,15H,5,8-9H2,1-4,6-7H3,(H,16,17,18). The van der Waals surface area contributed by atoms with E-state index in [0.717, 1.165) is 12.1 Å². The molecular weight excluding hydrogens is 262 g/mol. The summed E-state index contributed by atoms with van der Waals surface area (Å²) in [5, 5.41) is 3.17. The molecule has 19 heavy (non-hydrogen) atoms. The molecular formula is C14H29NO3S. The molecule has 0 spiro atoms. The van der Waals surface area contributed by atoms with Gasteiger partial charge in [-0.2, -0.15) is 8.42 Å². The highest BCUT2D eigenvalue weighted by Crippen LogP contribution is 2.26. The molecule has 0 aromatic heterocycles. The van der Waals surface area contributed by atoms with Crippen molar-refractivity contribution >= 4 is 10.1 Å². The summed E-state index contributed by atoms with van der Waals surface area (Å²) < 4.78 is 31.0. The first-order chi connectivity index (χ1) is 8.34. The van der Waals surface area contributed by atoms with Crippen LogP contribution in [0.25, 0.3) is 0 Å². The molecule has 4 nitrogen and oxygen atoms in total. The summed E-state index contributed by atoms with van der Waals surface area (Å²) in [6.07, 6.45) is 1.01. The van der Waals surface area contributed by atoms with Gasteiger partial charge in [0.25, 0.3) is 10.1 Å². The predicted octanol–water partition coefficient (Wildman–Crippen LogP) is 3.07. The van der Waals surface area contributed by atoms with E-state index in [4.69, 9.17) is 4.55 Å². The van der Waals surface area contributed by atoms with Gasteiger partial charge in [-0.1, -0.05) is 34.3 Å². The van der Waals surface area contributed by atoms with Crippen LogP contribution in [0.15, 0.2) is 12.3 Å². The molecule has 1 unspecified atom stereocenters. The van der Waals surface area contributed by atoms with E-state index in [-0.39, 0.29) is 5.75 Å². The summed E-state index contributed by atoms with van der Waals surface area (Å²) in [6, 6.07) is 0. The SMILES string of the molecule is C=C(NC(C)(C)CS(=O)(=O)O)C(CC(C)C)C(C)C. The first-order valence-electron chi connectivity index (χ1n) is 6.76. The van der Waals surface area contributed by atoms with E-state index >= 15 is 0 Å². The molecule has 5 heteroatoms. The van der Waals surface area contributed by atoms with Gasteiger partial charge in [0, 0.05) is 17.2 Å². The fourth-order valence-corrected chi connectivity index (χ4v) is 3.33. The normalized spacial score (nSPS) is 14.8. The second kappa shape index (κ2) is 6.75.